The van der Waals surface area contributed by atoms with Crippen LogP contribution in [-0.4, -0.2) is 19.3 Å². The summed E-state index contributed by atoms with van der Waals surface area (Å²) < 4.78 is 0. The first-order valence-corrected chi connectivity index (χ1v) is 19.9. The summed E-state index contributed by atoms with van der Waals surface area (Å²) in [6.07, 6.45) is 13.6. The van der Waals surface area contributed by atoms with Crippen molar-refractivity contribution in [3.05, 3.63) is 250 Å². The van der Waals surface area contributed by atoms with Gasteiger partial charge in [-0.2, -0.15) is 0 Å². The monoisotopic (exact) mass is 728 g/mol. The summed E-state index contributed by atoms with van der Waals surface area (Å²) in [4.78, 5) is 4.72. The van der Waals surface area contributed by atoms with E-state index < -0.39 is 5.41 Å². The summed E-state index contributed by atoms with van der Waals surface area (Å²) in [5, 5.41) is 3.73. The van der Waals surface area contributed by atoms with Gasteiger partial charge in [0.15, 0.2) is 0 Å². The van der Waals surface area contributed by atoms with E-state index in [1.54, 1.807) is 0 Å². The molecule has 0 aliphatic heterocycles. The van der Waals surface area contributed by atoms with Crippen molar-refractivity contribution in [1.82, 2.24) is 5.32 Å². The van der Waals surface area contributed by atoms with Crippen molar-refractivity contribution in [2.24, 2.45) is 4.99 Å². The molecule has 0 bridgehead atoms. The third-order valence-corrected chi connectivity index (χ3v) is 11.3. The molecule has 278 valence electrons. The van der Waals surface area contributed by atoms with E-state index in [1.807, 2.05) is 7.05 Å². The minimum absolute atomic E-state index is 0.333. The Kier molecular flexibility index (Phi) is 11.9. The van der Waals surface area contributed by atoms with E-state index in [2.05, 4.69) is 226 Å². The Balaban J connectivity index is 1.29. The molecular formula is C54H52N2. The number of rotatable bonds is 13. The van der Waals surface area contributed by atoms with Crippen LogP contribution in [0, 0.1) is 0 Å². The maximum absolute atomic E-state index is 4.72. The maximum Gasteiger partial charge on any atom is 0.0649 e. The molecule has 0 radical (unpaired) electrons. The third-order valence-electron chi connectivity index (χ3n) is 11.3. The van der Waals surface area contributed by atoms with Crippen molar-refractivity contribution in [3.63, 3.8) is 0 Å². The van der Waals surface area contributed by atoms with Crippen LogP contribution in [0.15, 0.2) is 211 Å². The van der Waals surface area contributed by atoms with Gasteiger partial charge in [-0.25, -0.2) is 0 Å². The van der Waals surface area contributed by atoms with E-state index in [4.69, 9.17) is 4.99 Å². The third kappa shape index (κ3) is 8.07. The van der Waals surface area contributed by atoms with Gasteiger partial charge in [0.2, 0.25) is 0 Å². The van der Waals surface area contributed by atoms with E-state index in [0.717, 1.165) is 41.9 Å². The van der Waals surface area contributed by atoms with Crippen molar-refractivity contribution in [1.29, 1.82) is 0 Å². The lowest BCUT2D eigenvalue weighted by Crippen LogP contribution is -2.26. The molecule has 6 aromatic carbocycles. The summed E-state index contributed by atoms with van der Waals surface area (Å²) in [5.74, 6) is 0. The Hall–Kier alpha value is -6.25. The van der Waals surface area contributed by atoms with E-state index >= 15 is 0 Å². The Bertz CT molecular complexity index is 2310. The van der Waals surface area contributed by atoms with Crippen molar-refractivity contribution in [3.8, 4) is 0 Å². The van der Waals surface area contributed by atoms with Gasteiger partial charge in [-0.3, -0.25) is 4.99 Å². The fourth-order valence-corrected chi connectivity index (χ4v) is 8.02. The quantitative estimate of drug-likeness (QED) is 0.0929. The van der Waals surface area contributed by atoms with Crippen molar-refractivity contribution >= 4 is 17.0 Å². The number of hydrogen-bond donors (Lipinski definition) is 1. The van der Waals surface area contributed by atoms with Gasteiger partial charge in [0.1, 0.15) is 0 Å². The molecule has 7 rings (SSSR count). The zero-order valence-electron chi connectivity index (χ0n) is 33.1. The minimum atomic E-state index is -0.392. The van der Waals surface area contributed by atoms with Gasteiger partial charge in [-0.15, -0.1) is 0 Å². The molecule has 0 fully saturated rings. The van der Waals surface area contributed by atoms with Crippen LogP contribution in [0.2, 0.25) is 0 Å². The van der Waals surface area contributed by atoms with Gasteiger partial charge in [-0.1, -0.05) is 188 Å². The first kappa shape index (κ1) is 38.0. The molecule has 1 N–H and O–H groups in total. The molecule has 0 saturated heterocycles. The highest BCUT2D eigenvalue weighted by atomic mass is 14.9. The Morgan fingerprint density at radius 3 is 1.54 bits per heavy atom. The van der Waals surface area contributed by atoms with Gasteiger partial charge in [0, 0.05) is 30.1 Å². The fraction of sp³-hybridized carbons (Fsp3) is 0.167. The predicted octanol–water partition coefficient (Wildman–Crippen LogP) is 12.8. The highest BCUT2D eigenvalue weighted by molar-refractivity contribution is 6.14. The number of allylic oxidation sites excluding steroid dienone is 7. The lowest BCUT2D eigenvalue weighted by Gasteiger charge is -2.33. The minimum Gasteiger partial charge on any atom is -0.385 e. The van der Waals surface area contributed by atoms with E-state index in [9.17, 15) is 0 Å². The van der Waals surface area contributed by atoms with Crippen LogP contribution in [0.25, 0.3) is 11.3 Å². The molecule has 1 aliphatic carbocycles. The van der Waals surface area contributed by atoms with E-state index in [-0.39, 0.29) is 5.41 Å². The molecular weight excluding hydrogens is 677 g/mol. The van der Waals surface area contributed by atoms with Gasteiger partial charge in [0.05, 0.1) is 5.71 Å². The number of aliphatic imine (C=N–C) groups is 1. The number of nitrogens with zero attached hydrogens (tertiary/aromatic N) is 1. The second-order valence-electron chi connectivity index (χ2n) is 14.8. The molecule has 0 saturated carbocycles. The maximum atomic E-state index is 4.72. The molecule has 56 heavy (non-hydrogen) atoms. The molecule has 6 aromatic rings. The van der Waals surface area contributed by atoms with Crippen LogP contribution < -0.4 is 5.32 Å². The topological polar surface area (TPSA) is 24.4 Å². The van der Waals surface area contributed by atoms with Crippen LogP contribution in [0.5, 0.6) is 0 Å². The molecule has 2 heteroatoms. The largest absolute Gasteiger partial charge is 0.385 e. The van der Waals surface area contributed by atoms with Gasteiger partial charge in [-0.05, 0) is 101 Å². The molecule has 0 aromatic heterocycles. The summed E-state index contributed by atoms with van der Waals surface area (Å²) in [5.41, 5.74) is 13.5. The Morgan fingerprint density at radius 1 is 0.571 bits per heavy atom. The van der Waals surface area contributed by atoms with Gasteiger partial charge >= 0.3 is 0 Å². The smallest absolute Gasteiger partial charge is 0.0649 e. The molecule has 1 unspecified atom stereocenters. The average molecular weight is 729 g/mol. The van der Waals surface area contributed by atoms with Crippen molar-refractivity contribution in [2.45, 2.75) is 44.4 Å². The number of hydrogen-bond acceptors (Lipinski definition) is 2. The summed E-state index contributed by atoms with van der Waals surface area (Å²) in [6, 6.07) is 61.4. The van der Waals surface area contributed by atoms with Crippen LogP contribution in [0.4, 0.5) is 0 Å². The molecule has 0 amide bonds. The van der Waals surface area contributed by atoms with Crippen molar-refractivity contribution in [2.75, 3.05) is 13.6 Å². The second kappa shape index (κ2) is 17.5. The Labute approximate surface area is 334 Å². The zero-order chi connectivity index (χ0) is 38.8. The lowest BCUT2D eigenvalue weighted by molar-refractivity contribution is 0.692. The highest BCUT2D eigenvalue weighted by Crippen LogP contribution is 2.41. The standard InChI is InChI=1S/C54H52N2/c1-5-56-52(40-53(2,45-25-15-8-16-26-45)46-27-17-9-18-28-46)44-33-37-49(38-34-44)54(3,47-29-19-10-20-30-47)48-35-31-42(32-36-48)50(41-21-11-6-12-22-41)39-51(55-4)43-23-13-7-14-24-43/h7-11,13-40,56H,5-6,12H2,1-4H3/b50-39+,52-40-,55-51?. The molecule has 2 nitrogen and oxygen atoms in total. The highest BCUT2D eigenvalue weighted by Gasteiger charge is 2.32. The fourth-order valence-electron chi connectivity index (χ4n) is 8.02. The number of benzene rings is 6. The summed E-state index contributed by atoms with van der Waals surface area (Å²) in [7, 11) is 1.88. The van der Waals surface area contributed by atoms with Crippen LogP contribution in [-0.2, 0) is 10.8 Å². The SMILES string of the molecule is CCN/C(=C\C(C)(c1ccccc1)c1ccccc1)c1ccc(C(C)(c2ccccc2)c2ccc(/C(=C/C(=NC)c3ccccc3)C3=CCCC=C3)cc2)cc1. The molecule has 0 spiro atoms. The van der Waals surface area contributed by atoms with Crippen LogP contribution in [0.1, 0.15) is 78.1 Å². The van der Waals surface area contributed by atoms with E-state index in [1.165, 1.54) is 44.5 Å². The van der Waals surface area contributed by atoms with Gasteiger partial charge in [0.25, 0.3) is 0 Å². The van der Waals surface area contributed by atoms with Crippen LogP contribution in [0.3, 0.4) is 0 Å². The molecule has 0 heterocycles. The first-order chi connectivity index (χ1) is 27.4. The predicted molar refractivity (Wildman–Crippen MR) is 239 cm³/mol. The lowest BCUT2D eigenvalue weighted by atomic mass is 9.70. The van der Waals surface area contributed by atoms with Crippen molar-refractivity contribution < 1.29 is 0 Å². The van der Waals surface area contributed by atoms with E-state index in [0.29, 0.717) is 0 Å². The zero-order valence-corrected chi connectivity index (χ0v) is 33.1. The van der Waals surface area contributed by atoms with Gasteiger partial charge < -0.3 is 5.32 Å². The average Bonchev–Trinajstić information content (AvgIpc) is 3.28. The Morgan fingerprint density at radius 2 is 1.05 bits per heavy atom. The summed E-state index contributed by atoms with van der Waals surface area (Å²) >= 11 is 0. The van der Waals surface area contributed by atoms with Crippen LogP contribution >= 0.6 is 0 Å². The normalized spacial score (nSPS) is 14.9. The first-order valence-electron chi connectivity index (χ1n) is 19.9. The number of nitrogens with one attached hydrogen (secondary N) is 1. The second-order valence-corrected chi connectivity index (χ2v) is 14.8. The molecule has 1 atom stereocenters. The molecule has 1 aliphatic rings. The summed E-state index contributed by atoms with van der Waals surface area (Å²) in [6.45, 7) is 7.66.